The predicted octanol–water partition coefficient (Wildman–Crippen LogP) is 4.07. The van der Waals surface area contributed by atoms with E-state index in [-0.39, 0.29) is 28.2 Å². The van der Waals surface area contributed by atoms with E-state index in [1.165, 1.54) is 18.2 Å². The van der Waals surface area contributed by atoms with Gasteiger partial charge in [-0.25, -0.2) is 13.1 Å². The minimum atomic E-state index is -3.79. The van der Waals surface area contributed by atoms with E-state index >= 15 is 0 Å². The second-order valence-corrected chi connectivity index (χ2v) is 9.02. The summed E-state index contributed by atoms with van der Waals surface area (Å²) in [5.74, 6) is -0.0819. The van der Waals surface area contributed by atoms with Crippen molar-refractivity contribution in [3.8, 4) is 5.75 Å². The van der Waals surface area contributed by atoms with Gasteiger partial charge in [-0.05, 0) is 36.2 Å². The van der Waals surface area contributed by atoms with Crippen molar-refractivity contribution in [3.05, 3.63) is 95.0 Å². The molecule has 1 unspecified atom stereocenters. The highest BCUT2D eigenvalue weighted by Crippen LogP contribution is 2.28. The predicted molar refractivity (Wildman–Crippen MR) is 120 cm³/mol. The maximum absolute atomic E-state index is 12.7. The molecule has 0 aromatic heterocycles. The van der Waals surface area contributed by atoms with Gasteiger partial charge in [-0.2, -0.15) is 0 Å². The lowest BCUT2D eigenvalue weighted by Crippen LogP contribution is -2.28. The van der Waals surface area contributed by atoms with Crippen LogP contribution in [0.25, 0.3) is 0 Å². The molecule has 0 spiro atoms. The molecular formula is C23H23ClN2O4S. The molecule has 8 heteroatoms. The van der Waals surface area contributed by atoms with Crippen LogP contribution in [0.15, 0.2) is 83.8 Å². The molecule has 1 atom stereocenters. The number of rotatable bonds is 9. The third kappa shape index (κ3) is 6.55. The van der Waals surface area contributed by atoms with E-state index in [1.54, 1.807) is 6.92 Å². The molecule has 0 saturated carbocycles. The Labute approximate surface area is 187 Å². The molecule has 31 heavy (non-hydrogen) atoms. The molecule has 6 nitrogen and oxygen atoms in total. The first-order chi connectivity index (χ1) is 14.8. The topological polar surface area (TPSA) is 84.5 Å². The van der Waals surface area contributed by atoms with Crippen LogP contribution >= 0.6 is 11.6 Å². The molecule has 3 aromatic carbocycles. The number of amides is 1. The van der Waals surface area contributed by atoms with Gasteiger partial charge < -0.3 is 10.1 Å². The number of halogens is 1. The molecule has 0 saturated heterocycles. The largest absolute Gasteiger partial charge is 0.482 e. The van der Waals surface area contributed by atoms with E-state index in [2.05, 4.69) is 10.0 Å². The molecule has 0 radical (unpaired) electrons. The maximum Gasteiger partial charge on any atom is 0.258 e. The highest BCUT2D eigenvalue weighted by Gasteiger charge is 2.20. The number of sulfonamides is 1. The van der Waals surface area contributed by atoms with Crippen LogP contribution in [-0.2, 0) is 21.4 Å². The minimum absolute atomic E-state index is 0.0150. The molecule has 0 aliphatic heterocycles. The summed E-state index contributed by atoms with van der Waals surface area (Å²) in [4.78, 5) is 12.0. The first-order valence-corrected chi connectivity index (χ1v) is 11.5. The van der Waals surface area contributed by atoms with Crippen molar-refractivity contribution >= 4 is 27.5 Å². The molecule has 3 aromatic rings. The highest BCUT2D eigenvalue weighted by atomic mass is 35.5. The normalized spacial score (nSPS) is 12.2. The number of hydrogen-bond acceptors (Lipinski definition) is 4. The van der Waals surface area contributed by atoms with E-state index < -0.39 is 16.1 Å². The van der Waals surface area contributed by atoms with Gasteiger partial charge in [-0.3, -0.25) is 4.79 Å². The fraction of sp³-hybridized carbons (Fsp3) is 0.174. The Balaban J connectivity index is 1.58. The molecule has 0 fully saturated rings. The summed E-state index contributed by atoms with van der Waals surface area (Å²) < 4.78 is 33.5. The summed E-state index contributed by atoms with van der Waals surface area (Å²) in [6.45, 7) is 1.92. The van der Waals surface area contributed by atoms with Crippen molar-refractivity contribution in [2.24, 2.45) is 0 Å². The van der Waals surface area contributed by atoms with Gasteiger partial charge in [0, 0.05) is 12.6 Å². The van der Waals surface area contributed by atoms with Crippen LogP contribution in [0.1, 0.15) is 24.1 Å². The number of carbonyl (C=O) groups is 1. The van der Waals surface area contributed by atoms with Gasteiger partial charge in [0.2, 0.25) is 10.0 Å². The van der Waals surface area contributed by atoms with E-state index in [0.29, 0.717) is 6.54 Å². The number of ether oxygens (including phenoxy) is 1. The lowest BCUT2D eigenvalue weighted by atomic mass is 10.1. The van der Waals surface area contributed by atoms with E-state index in [1.807, 2.05) is 60.7 Å². The van der Waals surface area contributed by atoms with Crippen LogP contribution in [0.5, 0.6) is 5.75 Å². The lowest BCUT2D eigenvalue weighted by molar-refractivity contribution is -0.123. The van der Waals surface area contributed by atoms with Crippen molar-refractivity contribution in [1.29, 1.82) is 0 Å². The summed E-state index contributed by atoms with van der Waals surface area (Å²) in [5, 5.41) is 2.85. The van der Waals surface area contributed by atoms with E-state index in [4.69, 9.17) is 16.3 Å². The SMILES string of the molecule is CC(NS(=O)(=O)c1ccc(OCC(=O)NCc2ccccc2)c(Cl)c1)c1ccccc1. The lowest BCUT2D eigenvalue weighted by Gasteiger charge is -2.15. The van der Waals surface area contributed by atoms with Gasteiger partial charge >= 0.3 is 0 Å². The molecular weight excluding hydrogens is 436 g/mol. The van der Waals surface area contributed by atoms with Crippen LogP contribution in [0, 0.1) is 0 Å². The third-order valence-electron chi connectivity index (χ3n) is 4.54. The summed E-state index contributed by atoms with van der Waals surface area (Å²) in [7, 11) is -3.79. The number of nitrogens with one attached hydrogen (secondary N) is 2. The van der Waals surface area contributed by atoms with Crippen molar-refractivity contribution in [3.63, 3.8) is 0 Å². The zero-order chi connectivity index (χ0) is 22.3. The Morgan fingerprint density at radius 3 is 2.29 bits per heavy atom. The Bertz CT molecular complexity index is 1120. The van der Waals surface area contributed by atoms with Crippen molar-refractivity contribution < 1.29 is 17.9 Å². The molecule has 1 amide bonds. The minimum Gasteiger partial charge on any atom is -0.482 e. The van der Waals surface area contributed by atoms with E-state index in [0.717, 1.165) is 11.1 Å². The second kappa shape index (κ2) is 10.4. The number of benzene rings is 3. The molecule has 3 rings (SSSR count). The van der Waals surface area contributed by atoms with Gasteiger partial charge in [-0.15, -0.1) is 0 Å². The second-order valence-electron chi connectivity index (χ2n) is 6.90. The first kappa shape index (κ1) is 22.8. The summed E-state index contributed by atoms with van der Waals surface area (Å²) in [6, 6.07) is 22.5. The Morgan fingerprint density at radius 1 is 1.00 bits per heavy atom. The Morgan fingerprint density at radius 2 is 1.65 bits per heavy atom. The maximum atomic E-state index is 12.7. The van der Waals surface area contributed by atoms with Gasteiger partial charge in [0.15, 0.2) is 6.61 Å². The van der Waals surface area contributed by atoms with Gasteiger partial charge in [0.05, 0.1) is 9.92 Å². The molecule has 162 valence electrons. The van der Waals surface area contributed by atoms with Crippen LogP contribution in [-0.4, -0.2) is 20.9 Å². The number of carbonyl (C=O) groups excluding carboxylic acids is 1. The van der Waals surface area contributed by atoms with Crippen LogP contribution < -0.4 is 14.8 Å². The Hall–Kier alpha value is -2.87. The zero-order valence-electron chi connectivity index (χ0n) is 16.9. The quantitative estimate of drug-likeness (QED) is 0.506. The molecule has 0 bridgehead atoms. The highest BCUT2D eigenvalue weighted by molar-refractivity contribution is 7.89. The first-order valence-electron chi connectivity index (χ1n) is 9.65. The van der Waals surface area contributed by atoms with Gasteiger partial charge in [0.25, 0.3) is 5.91 Å². The molecule has 0 aliphatic carbocycles. The van der Waals surface area contributed by atoms with Crippen LogP contribution in [0.3, 0.4) is 0 Å². The fourth-order valence-electron chi connectivity index (χ4n) is 2.87. The van der Waals surface area contributed by atoms with Crippen LogP contribution in [0.2, 0.25) is 5.02 Å². The van der Waals surface area contributed by atoms with E-state index in [9.17, 15) is 13.2 Å². The number of hydrogen-bond donors (Lipinski definition) is 2. The summed E-state index contributed by atoms with van der Waals surface area (Å²) in [5.41, 5.74) is 1.82. The van der Waals surface area contributed by atoms with Gasteiger partial charge in [-0.1, -0.05) is 72.3 Å². The Kier molecular flexibility index (Phi) is 7.68. The van der Waals surface area contributed by atoms with Crippen molar-refractivity contribution in [1.82, 2.24) is 10.0 Å². The third-order valence-corrected chi connectivity index (χ3v) is 6.37. The standard InChI is InChI=1S/C23H23ClN2O4S/c1-17(19-10-6-3-7-11-19)26-31(28,29)20-12-13-22(21(24)14-20)30-16-23(27)25-15-18-8-4-2-5-9-18/h2-14,17,26H,15-16H2,1H3,(H,25,27). The zero-order valence-corrected chi connectivity index (χ0v) is 18.5. The average Bonchev–Trinajstić information content (AvgIpc) is 2.77. The fourth-order valence-corrected chi connectivity index (χ4v) is 4.42. The van der Waals surface area contributed by atoms with Crippen LogP contribution in [0.4, 0.5) is 0 Å². The van der Waals surface area contributed by atoms with Crippen molar-refractivity contribution in [2.75, 3.05) is 6.61 Å². The smallest absolute Gasteiger partial charge is 0.258 e. The monoisotopic (exact) mass is 458 g/mol. The average molecular weight is 459 g/mol. The molecule has 0 aliphatic rings. The summed E-state index contributed by atoms with van der Waals surface area (Å²) >= 11 is 6.20. The molecule has 0 heterocycles. The molecule has 2 N–H and O–H groups in total. The summed E-state index contributed by atoms with van der Waals surface area (Å²) in [6.07, 6.45) is 0. The van der Waals surface area contributed by atoms with Gasteiger partial charge in [0.1, 0.15) is 5.75 Å². The van der Waals surface area contributed by atoms with Crippen molar-refractivity contribution in [2.45, 2.75) is 24.4 Å².